The topological polar surface area (TPSA) is 143 Å². The zero-order chi connectivity index (χ0) is 17.6. The number of hydrogen-bond acceptors (Lipinski definition) is 6. The Labute approximate surface area is 170 Å². The summed E-state index contributed by atoms with van der Waals surface area (Å²) in [5.74, 6) is -0.187. The van der Waals surface area contributed by atoms with Crippen LogP contribution in [0.25, 0.3) is 0 Å². The van der Waals surface area contributed by atoms with Gasteiger partial charge in [0, 0.05) is 60.0 Å². The number of allylic oxidation sites excluding steroid dienone is 6. The minimum atomic E-state index is -0.125. The molecule has 0 unspecified atom stereocenters. The SMILES string of the molecule is CC(=O)C=C(C)O.CC(=O)C=C(C)O.CC(=O)C=C(C)O.O.[Ce]. The van der Waals surface area contributed by atoms with E-state index in [4.69, 9.17) is 15.3 Å². The summed E-state index contributed by atoms with van der Waals surface area (Å²) in [5.41, 5.74) is 0. The molecular weight excluding hydrogens is 432 g/mol. The van der Waals surface area contributed by atoms with Crippen molar-refractivity contribution in [2.45, 2.75) is 41.5 Å². The first-order chi connectivity index (χ1) is 9.38. The molecule has 0 heterocycles. The molecule has 0 spiro atoms. The fourth-order valence-corrected chi connectivity index (χ4v) is 0.882. The summed E-state index contributed by atoms with van der Waals surface area (Å²) >= 11 is 0. The Morgan fingerprint density at radius 3 is 0.696 bits per heavy atom. The first kappa shape index (κ1) is 33.5. The van der Waals surface area contributed by atoms with E-state index in [0.717, 1.165) is 0 Å². The van der Waals surface area contributed by atoms with E-state index in [0.29, 0.717) is 0 Å². The Kier molecular flexibility index (Phi) is 30.6. The number of ketones is 3. The summed E-state index contributed by atoms with van der Waals surface area (Å²) in [4.78, 5) is 30.1. The van der Waals surface area contributed by atoms with E-state index in [1.54, 1.807) is 0 Å². The van der Waals surface area contributed by atoms with Gasteiger partial charge in [-0.25, -0.2) is 0 Å². The second kappa shape index (κ2) is 21.0. The van der Waals surface area contributed by atoms with Crippen molar-refractivity contribution in [3.05, 3.63) is 35.5 Å². The summed E-state index contributed by atoms with van der Waals surface area (Å²) in [6.07, 6.45) is 3.50. The van der Waals surface area contributed by atoms with Crippen molar-refractivity contribution in [2.24, 2.45) is 0 Å². The van der Waals surface area contributed by atoms with Crippen molar-refractivity contribution in [1.29, 1.82) is 0 Å². The Morgan fingerprint density at radius 2 is 0.696 bits per heavy atom. The van der Waals surface area contributed by atoms with E-state index in [9.17, 15) is 14.4 Å². The van der Waals surface area contributed by atoms with Crippen LogP contribution in [0, 0.1) is 41.7 Å². The first-order valence-electron chi connectivity index (χ1n) is 6.02. The molecule has 23 heavy (non-hydrogen) atoms. The van der Waals surface area contributed by atoms with E-state index in [-0.39, 0.29) is 81.9 Å². The fraction of sp³-hybridized carbons (Fsp3) is 0.400. The van der Waals surface area contributed by atoms with Gasteiger partial charge >= 0.3 is 0 Å². The third-order valence-electron chi connectivity index (χ3n) is 1.24. The molecule has 7 nitrogen and oxygen atoms in total. The van der Waals surface area contributed by atoms with Crippen LogP contribution < -0.4 is 0 Å². The zero-order valence-corrected chi connectivity index (χ0v) is 17.4. The van der Waals surface area contributed by atoms with E-state index in [1.165, 1.54) is 59.8 Å². The van der Waals surface area contributed by atoms with Crippen LogP contribution in [0.2, 0.25) is 0 Å². The molecular formula is C15H26CeO7. The van der Waals surface area contributed by atoms with Gasteiger partial charge in [-0.3, -0.25) is 14.4 Å². The molecule has 132 valence electrons. The van der Waals surface area contributed by atoms with E-state index in [1.807, 2.05) is 0 Å². The Hall–Kier alpha value is -1.03. The number of hydrogen-bond donors (Lipinski definition) is 3. The third kappa shape index (κ3) is 62.7. The molecule has 0 radical (unpaired) electrons. The van der Waals surface area contributed by atoms with Gasteiger partial charge in [0.2, 0.25) is 0 Å². The van der Waals surface area contributed by atoms with E-state index in [2.05, 4.69) is 0 Å². The predicted molar refractivity (Wildman–Crippen MR) is 84.8 cm³/mol. The van der Waals surface area contributed by atoms with Crippen molar-refractivity contribution < 1.29 is 76.9 Å². The molecule has 0 aromatic heterocycles. The van der Waals surface area contributed by atoms with Crippen LogP contribution in [0.15, 0.2) is 35.5 Å². The van der Waals surface area contributed by atoms with Crippen LogP contribution in [0.4, 0.5) is 0 Å². The maximum atomic E-state index is 10.0. The van der Waals surface area contributed by atoms with Gasteiger partial charge in [-0.1, -0.05) is 0 Å². The van der Waals surface area contributed by atoms with Crippen LogP contribution >= 0.6 is 0 Å². The molecule has 0 fully saturated rings. The molecule has 0 aliphatic heterocycles. The number of aliphatic hydroxyl groups is 3. The van der Waals surface area contributed by atoms with E-state index < -0.39 is 0 Å². The van der Waals surface area contributed by atoms with Gasteiger partial charge in [0.05, 0.1) is 17.3 Å². The molecule has 0 bridgehead atoms. The summed E-state index contributed by atoms with van der Waals surface area (Å²) in [6, 6.07) is 0. The third-order valence-corrected chi connectivity index (χ3v) is 1.24. The Balaban J connectivity index is -0.0000000675. The number of carbonyl (C=O) groups excluding carboxylic acids is 3. The van der Waals surface area contributed by atoms with Crippen molar-refractivity contribution in [2.75, 3.05) is 0 Å². The van der Waals surface area contributed by atoms with Crippen LogP contribution in [0.3, 0.4) is 0 Å². The molecule has 0 aromatic rings. The molecule has 0 saturated carbocycles. The molecule has 0 aliphatic rings. The quantitative estimate of drug-likeness (QED) is 0.437. The largest absolute Gasteiger partial charge is 0.512 e. The van der Waals surface area contributed by atoms with Crippen LogP contribution in [-0.4, -0.2) is 38.1 Å². The smallest absolute Gasteiger partial charge is 0.155 e. The van der Waals surface area contributed by atoms with Crippen molar-refractivity contribution in [3.63, 3.8) is 0 Å². The molecule has 0 aliphatic carbocycles. The Morgan fingerprint density at radius 1 is 0.565 bits per heavy atom. The van der Waals surface area contributed by atoms with Crippen LogP contribution in [-0.2, 0) is 14.4 Å². The predicted octanol–water partition coefficient (Wildman–Crippen LogP) is 2.29. The van der Waals surface area contributed by atoms with Gasteiger partial charge in [-0.05, 0) is 41.5 Å². The van der Waals surface area contributed by atoms with Crippen molar-refractivity contribution >= 4 is 17.3 Å². The Bertz CT molecular complexity index is 370. The molecule has 8 heteroatoms. The average Bonchev–Trinajstić information content (AvgIpc) is 2.10. The minimum absolute atomic E-state index is 0. The summed E-state index contributed by atoms with van der Waals surface area (Å²) in [6.45, 7) is 8.54. The minimum Gasteiger partial charge on any atom is -0.512 e. The fourth-order valence-electron chi connectivity index (χ4n) is 0.882. The van der Waals surface area contributed by atoms with Gasteiger partial charge in [0.15, 0.2) is 17.3 Å². The monoisotopic (exact) mass is 458 g/mol. The summed E-state index contributed by atoms with van der Waals surface area (Å²) in [5, 5.41) is 25.1. The summed E-state index contributed by atoms with van der Waals surface area (Å²) in [7, 11) is 0. The van der Waals surface area contributed by atoms with Gasteiger partial charge in [-0.2, -0.15) is 0 Å². The van der Waals surface area contributed by atoms with Crippen molar-refractivity contribution in [3.8, 4) is 0 Å². The van der Waals surface area contributed by atoms with Gasteiger partial charge in [-0.15, -0.1) is 0 Å². The molecule has 5 N–H and O–H groups in total. The molecule has 0 atom stereocenters. The second-order valence-electron chi connectivity index (χ2n) is 4.19. The van der Waals surface area contributed by atoms with Crippen molar-refractivity contribution in [1.82, 2.24) is 0 Å². The zero-order valence-electron chi connectivity index (χ0n) is 14.3. The standard InChI is InChI=1S/3C5H8O2.Ce.H2O/c3*1-4(6)3-5(2)7;;/h3*3,6H,1-2H3;;1H2. The van der Waals surface area contributed by atoms with Gasteiger partial charge in [0.25, 0.3) is 0 Å². The first-order valence-corrected chi connectivity index (χ1v) is 6.02. The number of carbonyl (C=O) groups is 3. The molecule has 0 rings (SSSR count). The average molecular weight is 458 g/mol. The number of aliphatic hydroxyl groups excluding tert-OH is 3. The molecule has 0 amide bonds. The summed E-state index contributed by atoms with van der Waals surface area (Å²) < 4.78 is 0. The van der Waals surface area contributed by atoms with Gasteiger partial charge in [0.1, 0.15) is 0 Å². The van der Waals surface area contributed by atoms with Crippen LogP contribution in [0.5, 0.6) is 0 Å². The number of rotatable bonds is 3. The molecule has 0 aromatic carbocycles. The van der Waals surface area contributed by atoms with Gasteiger partial charge < -0.3 is 20.8 Å². The molecule has 0 saturated heterocycles. The van der Waals surface area contributed by atoms with E-state index >= 15 is 0 Å². The second-order valence-corrected chi connectivity index (χ2v) is 4.19. The van der Waals surface area contributed by atoms with Crippen LogP contribution in [0.1, 0.15) is 41.5 Å². The normalized spacial score (nSPS) is 10.4. The maximum Gasteiger partial charge on any atom is 0.155 e. The maximum absolute atomic E-state index is 10.0.